The number of aromatic nitrogens is 2. The first-order valence-corrected chi connectivity index (χ1v) is 20.6. The van der Waals surface area contributed by atoms with Crippen LogP contribution in [0.1, 0.15) is 70.4 Å². The third kappa shape index (κ3) is 9.11. The summed E-state index contributed by atoms with van der Waals surface area (Å²) in [5, 5.41) is 8.08. The topological polar surface area (TPSA) is 203 Å². The van der Waals surface area contributed by atoms with E-state index in [-0.39, 0.29) is 56.8 Å². The highest BCUT2D eigenvalue weighted by Crippen LogP contribution is 2.29. The molecule has 18 heteroatoms. The quantitative estimate of drug-likeness (QED) is 0.256. The fourth-order valence-electron chi connectivity index (χ4n) is 8.92. The zero-order valence-corrected chi connectivity index (χ0v) is 33.7. The van der Waals surface area contributed by atoms with Gasteiger partial charge in [0, 0.05) is 32.1 Å². The first-order chi connectivity index (χ1) is 28.7. The number of amides is 6. The molecule has 3 aromatic rings. The van der Waals surface area contributed by atoms with Gasteiger partial charge in [0.25, 0.3) is 0 Å². The normalized spacial score (nSPS) is 27.2. The summed E-state index contributed by atoms with van der Waals surface area (Å²) >= 11 is 0. The Morgan fingerprint density at radius 2 is 1.57 bits per heavy atom. The Kier molecular flexibility index (Phi) is 12.5. The number of ether oxygens (including phenoxy) is 1. The number of imidazole rings is 1. The smallest absolute Gasteiger partial charge is 0.329 e. The third-order valence-electron chi connectivity index (χ3n) is 11.9. The summed E-state index contributed by atoms with van der Waals surface area (Å²) < 4.78 is 34.7. The Morgan fingerprint density at radius 3 is 2.33 bits per heavy atom. The molecule has 4 fully saturated rings. The maximum atomic E-state index is 14.7. The first kappa shape index (κ1) is 42.2. The van der Waals surface area contributed by atoms with Crippen LogP contribution in [0.25, 0.3) is 11.0 Å². The zero-order valence-electron chi connectivity index (χ0n) is 33.7. The molecule has 0 spiro atoms. The number of nitrogens with one attached hydrogen (secondary N) is 4. The van der Waals surface area contributed by atoms with E-state index in [2.05, 4.69) is 25.9 Å². The van der Waals surface area contributed by atoms with Crippen LogP contribution in [0.5, 0.6) is 0 Å². The molecular formula is C42H50F2N8O8. The van der Waals surface area contributed by atoms with Crippen molar-refractivity contribution in [3.8, 4) is 0 Å². The van der Waals surface area contributed by atoms with Crippen molar-refractivity contribution in [1.29, 1.82) is 0 Å². The number of benzene rings is 2. The molecule has 7 rings (SSSR count). The molecule has 0 saturated carbocycles. The van der Waals surface area contributed by atoms with Gasteiger partial charge in [-0.1, -0.05) is 13.0 Å². The number of piperidine rings is 1. The van der Waals surface area contributed by atoms with Gasteiger partial charge in [0.15, 0.2) is 0 Å². The van der Waals surface area contributed by atoms with Gasteiger partial charge in [0.1, 0.15) is 54.0 Å². The predicted octanol–water partition coefficient (Wildman–Crippen LogP) is 1.66. The molecule has 4 N–H and O–H groups in total. The summed E-state index contributed by atoms with van der Waals surface area (Å²) in [6, 6.07) is 0.768. The van der Waals surface area contributed by atoms with E-state index >= 15 is 0 Å². The summed E-state index contributed by atoms with van der Waals surface area (Å²) in [6.45, 7) is 5.38. The lowest BCUT2D eigenvalue weighted by atomic mass is 9.99. The van der Waals surface area contributed by atoms with Gasteiger partial charge in [-0.05, 0) is 93.7 Å². The van der Waals surface area contributed by atoms with Crippen LogP contribution in [0.2, 0.25) is 0 Å². The fourth-order valence-corrected chi connectivity index (χ4v) is 8.92. The van der Waals surface area contributed by atoms with Crippen LogP contribution in [0.3, 0.4) is 0 Å². The molecule has 60 heavy (non-hydrogen) atoms. The van der Waals surface area contributed by atoms with Crippen molar-refractivity contribution in [2.75, 3.05) is 19.6 Å². The molecule has 320 valence electrons. The van der Waals surface area contributed by atoms with Crippen LogP contribution in [0, 0.1) is 17.6 Å². The summed E-state index contributed by atoms with van der Waals surface area (Å²) in [6.07, 6.45) is 2.15. The molecule has 2 aromatic carbocycles. The summed E-state index contributed by atoms with van der Waals surface area (Å²) in [5.41, 5.74) is 1.97. The fraction of sp³-hybridized carbons (Fsp3) is 0.524. The molecule has 4 aliphatic rings. The lowest BCUT2D eigenvalue weighted by Gasteiger charge is -2.39. The number of carbonyl (C=O) groups is 7. The minimum absolute atomic E-state index is 0.0373. The molecule has 0 radical (unpaired) electrons. The summed E-state index contributed by atoms with van der Waals surface area (Å²) in [4.78, 5) is 110. The van der Waals surface area contributed by atoms with E-state index < -0.39 is 95.4 Å². The maximum absolute atomic E-state index is 14.7. The Balaban J connectivity index is 1.21. The van der Waals surface area contributed by atoms with Gasteiger partial charge in [-0.25, -0.2) is 18.6 Å². The molecular weight excluding hydrogens is 783 g/mol. The van der Waals surface area contributed by atoms with Crippen molar-refractivity contribution in [2.24, 2.45) is 5.92 Å². The molecule has 6 amide bonds. The number of cyclic esters (lactones) is 1. The Labute approximate surface area is 345 Å². The Hall–Kier alpha value is -5.94. The van der Waals surface area contributed by atoms with E-state index in [9.17, 15) is 42.3 Å². The van der Waals surface area contributed by atoms with Crippen molar-refractivity contribution in [3.63, 3.8) is 0 Å². The number of hydrogen-bond donors (Lipinski definition) is 4. The average Bonchev–Trinajstić information content (AvgIpc) is 3.98. The molecule has 0 unspecified atom stereocenters. The number of hydrogen-bond acceptors (Lipinski definition) is 9. The van der Waals surface area contributed by atoms with E-state index in [1.54, 1.807) is 18.2 Å². The first-order valence-electron chi connectivity index (χ1n) is 20.6. The van der Waals surface area contributed by atoms with Gasteiger partial charge in [0.05, 0.1) is 23.8 Å². The van der Waals surface area contributed by atoms with E-state index in [4.69, 9.17) is 4.74 Å². The van der Waals surface area contributed by atoms with E-state index in [0.717, 1.165) is 12.1 Å². The summed E-state index contributed by atoms with van der Waals surface area (Å²) in [7, 11) is 0. The van der Waals surface area contributed by atoms with Crippen molar-refractivity contribution < 1.29 is 47.1 Å². The average molecular weight is 833 g/mol. The number of carbonyl (C=O) groups excluding carboxylic acids is 7. The lowest BCUT2D eigenvalue weighted by Crippen LogP contribution is -2.63. The van der Waals surface area contributed by atoms with Gasteiger partial charge in [-0.3, -0.25) is 28.8 Å². The monoisotopic (exact) mass is 832 g/mol. The van der Waals surface area contributed by atoms with Crippen LogP contribution in [-0.2, 0) is 51.1 Å². The SMILES string of the molecule is C[C@H]1C[C@H]2C(=O)O[C@@H](C)[C@H](NC(=O)[C@H](Cc3cc(F)cc(F)c3)NC(=O)Cc3ccc4nc[nH]c4c3)C(=O)N3CCC[C@H]3C(=O)N3CCCC[C@H]3C(=O)N[C@@H](C)C(=O)N2C1. The van der Waals surface area contributed by atoms with Crippen molar-refractivity contribution >= 4 is 52.4 Å². The highest BCUT2D eigenvalue weighted by Gasteiger charge is 2.47. The largest absolute Gasteiger partial charge is 0.458 e. The number of rotatable bonds is 7. The Bertz CT molecular complexity index is 2160. The molecule has 16 nitrogen and oxygen atoms in total. The second-order valence-corrected chi connectivity index (χ2v) is 16.5. The van der Waals surface area contributed by atoms with Crippen LogP contribution in [-0.4, -0.2) is 128 Å². The number of halogens is 2. The Morgan fingerprint density at radius 1 is 0.850 bits per heavy atom. The number of aromatic amines is 1. The number of esters is 1. The highest BCUT2D eigenvalue weighted by atomic mass is 19.1. The molecule has 4 aliphatic heterocycles. The second-order valence-electron chi connectivity index (χ2n) is 16.5. The van der Waals surface area contributed by atoms with Gasteiger partial charge in [0.2, 0.25) is 35.4 Å². The van der Waals surface area contributed by atoms with Crippen LogP contribution >= 0.6 is 0 Å². The third-order valence-corrected chi connectivity index (χ3v) is 11.9. The van der Waals surface area contributed by atoms with Crippen LogP contribution < -0.4 is 16.0 Å². The van der Waals surface area contributed by atoms with Crippen molar-refractivity contribution in [2.45, 2.75) is 114 Å². The van der Waals surface area contributed by atoms with E-state index in [1.807, 2.05) is 6.92 Å². The number of fused-ring (bicyclic) bond motifs is 4. The standard InChI is InChI=1S/C42H50F2N8O8/c1-22-13-34-42(59)60-24(3)36(41(58)51-12-6-8-33(51)40(57)50-11-5-4-7-32(50)38(55)47-23(2)39(56)52(34)20-22)49-37(54)31(17-26-14-27(43)19-28(44)15-26)48-35(53)18-25-9-10-29-30(16-25)46-21-45-29/h9-10,14-16,19,21-24,31-34,36H,4-8,11-13,17-18,20H2,1-3H3,(H,45,46)(H,47,55)(H,48,53)(H,49,54)/t22-,23-,24-,31-,32-,33-,34-,36-/m0/s1. The van der Waals surface area contributed by atoms with Crippen LogP contribution in [0.4, 0.5) is 8.78 Å². The molecule has 0 aliphatic carbocycles. The lowest BCUT2D eigenvalue weighted by molar-refractivity contribution is -0.163. The van der Waals surface area contributed by atoms with Crippen molar-refractivity contribution in [1.82, 2.24) is 40.6 Å². The van der Waals surface area contributed by atoms with Gasteiger partial charge in [-0.15, -0.1) is 0 Å². The van der Waals surface area contributed by atoms with Crippen molar-refractivity contribution in [3.05, 3.63) is 65.5 Å². The highest BCUT2D eigenvalue weighted by molar-refractivity contribution is 5.98. The maximum Gasteiger partial charge on any atom is 0.329 e. The van der Waals surface area contributed by atoms with E-state index in [0.29, 0.717) is 48.3 Å². The summed E-state index contributed by atoms with van der Waals surface area (Å²) in [5.74, 6) is -6.53. The number of nitrogens with zero attached hydrogens (tertiary/aromatic N) is 4. The molecule has 4 saturated heterocycles. The second kappa shape index (κ2) is 17.7. The molecule has 8 atom stereocenters. The van der Waals surface area contributed by atoms with Crippen LogP contribution in [0.15, 0.2) is 42.7 Å². The molecule has 0 bridgehead atoms. The molecule has 1 aromatic heterocycles. The van der Waals surface area contributed by atoms with Gasteiger partial charge in [-0.2, -0.15) is 0 Å². The minimum Gasteiger partial charge on any atom is -0.458 e. The predicted molar refractivity (Wildman–Crippen MR) is 210 cm³/mol. The zero-order chi connectivity index (χ0) is 42.8. The van der Waals surface area contributed by atoms with E-state index in [1.165, 1.54) is 34.9 Å². The molecule has 5 heterocycles. The minimum atomic E-state index is -1.61. The van der Waals surface area contributed by atoms with Gasteiger partial charge >= 0.3 is 5.97 Å². The van der Waals surface area contributed by atoms with Gasteiger partial charge < -0.3 is 40.4 Å². The number of H-pyrrole nitrogens is 1.